The number of hydrogen-bond acceptors (Lipinski definition) is 3. The van der Waals surface area contributed by atoms with Crippen molar-refractivity contribution in [2.75, 3.05) is 0 Å². The highest BCUT2D eigenvalue weighted by Crippen LogP contribution is 2.37. The van der Waals surface area contributed by atoms with Crippen molar-refractivity contribution in [1.29, 1.82) is 0 Å². The minimum absolute atomic E-state index is 0.141. The van der Waals surface area contributed by atoms with Crippen LogP contribution < -0.4 is 4.72 Å². The van der Waals surface area contributed by atoms with Crippen LogP contribution in [-0.4, -0.2) is 14.2 Å². The van der Waals surface area contributed by atoms with Crippen LogP contribution in [-0.2, 0) is 14.8 Å². The molecule has 2 aromatic rings. The van der Waals surface area contributed by atoms with Crippen molar-refractivity contribution in [3.05, 3.63) is 65.7 Å². The van der Waals surface area contributed by atoms with E-state index in [-0.39, 0.29) is 22.5 Å². The van der Waals surface area contributed by atoms with Crippen LogP contribution in [0.1, 0.15) is 43.4 Å². The van der Waals surface area contributed by atoms with E-state index >= 15 is 0 Å². The molecular formula is C21H25NO3S. The van der Waals surface area contributed by atoms with Gasteiger partial charge < -0.3 is 0 Å². The minimum Gasteiger partial charge on any atom is -0.299 e. The first kappa shape index (κ1) is 18.8. The third-order valence-electron chi connectivity index (χ3n) is 5.20. The Kier molecular flexibility index (Phi) is 5.58. The SMILES string of the molecule is Cc1ccc(S(=O)(=O)N[C@@H](c2ccccc2)[C@@H]2C(=O)CCC[C@H]2C)cc1. The maximum absolute atomic E-state index is 13.0. The summed E-state index contributed by atoms with van der Waals surface area (Å²) in [6.07, 6.45) is 2.33. The van der Waals surface area contributed by atoms with Crippen LogP contribution in [0.15, 0.2) is 59.5 Å². The van der Waals surface area contributed by atoms with Gasteiger partial charge in [-0.1, -0.05) is 55.0 Å². The average molecular weight is 372 g/mol. The number of Topliss-reactive ketones (excluding diaryl/α,β-unsaturated/α-hetero) is 1. The lowest BCUT2D eigenvalue weighted by Gasteiger charge is -2.34. The second-order valence-electron chi connectivity index (χ2n) is 7.18. The van der Waals surface area contributed by atoms with Crippen LogP contribution in [0.4, 0.5) is 0 Å². The number of hydrogen-bond donors (Lipinski definition) is 1. The van der Waals surface area contributed by atoms with Gasteiger partial charge in [0.15, 0.2) is 0 Å². The van der Waals surface area contributed by atoms with Crippen molar-refractivity contribution in [3.63, 3.8) is 0 Å². The van der Waals surface area contributed by atoms with E-state index in [9.17, 15) is 13.2 Å². The Labute approximate surface area is 155 Å². The number of carbonyl (C=O) groups excluding carboxylic acids is 1. The third-order valence-corrected chi connectivity index (χ3v) is 6.66. The number of sulfonamides is 1. The van der Waals surface area contributed by atoms with Crippen molar-refractivity contribution in [1.82, 2.24) is 4.72 Å². The monoisotopic (exact) mass is 371 g/mol. The molecule has 3 atom stereocenters. The second-order valence-corrected chi connectivity index (χ2v) is 8.90. The average Bonchev–Trinajstić information content (AvgIpc) is 2.62. The quantitative estimate of drug-likeness (QED) is 0.863. The van der Waals surface area contributed by atoms with Gasteiger partial charge in [0, 0.05) is 12.3 Å². The molecule has 0 amide bonds. The van der Waals surface area contributed by atoms with E-state index in [1.807, 2.05) is 44.2 Å². The first-order valence-electron chi connectivity index (χ1n) is 9.05. The maximum atomic E-state index is 13.0. The van der Waals surface area contributed by atoms with Gasteiger partial charge in [-0.05, 0) is 43.4 Å². The molecule has 4 nitrogen and oxygen atoms in total. The summed E-state index contributed by atoms with van der Waals surface area (Å²) < 4.78 is 28.7. The molecule has 0 saturated heterocycles. The summed E-state index contributed by atoms with van der Waals surface area (Å²) in [4.78, 5) is 12.9. The third kappa shape index (κ3) is 4.05. The van der Waals surface area contributed by atoms with E-state index in [1.54, 1.807) is 24.3 Å². The normalized spacial score (nSPS) is 22.2. The van der Waals surface area contributed by atoms with E-state index in [0.29, 0.717) is 6.42 Å². The largest absolute Gasteiger partial charge is 0.299 e. The lowest BCUT2D eigenvalue weighted by Crippen LogP contribution is -2.41. The van der Waals surface area contributed by atoms with Gasteiger partial charge in [0.05, 0.1) is 10.9 Å². The molecule has 5 heteroatoms. The van der Waals surface area contributed by atoms with Gasteiger partial charge in [0.1, 0.15) is 5.78 Å². The molecule has 1 aliphatic carbocycles. The Morgan fingerprint density at radius 3 is 2.31 bits per heavy atom. The molecule has 2 aromatic carbocycles. The molecule has 1 N–H and O–H groups in total. The summed E-state index contributed by atoms with van der Waals surface area (Å²) in [5.41, 5.74) is 1.83. The lowest BCUT2D eigenvalue weighted by atomic mass is 9.74. The van der Waals surface area contributed by atoms with Crippen LogP contribution in [0.3, 0.4) is 0 Å². The van der Waals surface area contributed by atoms with Crippen LogP contribution >= 0.6 is 0 Å². The van der Waals surface area contributed by atoms with Gasteiger partial charge in [-0.25, -0.2) is 13.1 Å². The van der Waals surface area contributed by atoms with Crippen LogP contribution in [0.2, 0.25) is 0 Å². The van der Waals surface area contributed by atoms with Crippen molar-refractivity contribution >= 4 is 15.8 Å². The molecule has 0 radical (unpaired) electrons. The van der Waals surface area contributed by atoms with Crippen LogP contribution in [0.5, 0.6) is 0 Å². The van der Waals surface area contributed by atoms with Gasteiger partial charge >= 0.3 is 0 Å². The summed E-state index contributed by atoms with van der Waals surface area (Å²) in [5, 5.41) is 0. The highest BCUT2D eigenvalue weighted by molar-refractivity contribution is 7.89. The Hall–Kier alpha value is -1.98. The molecule has 0 unspecified atom stereocenters. The predicted molar refractivity (Wildman–Crippen MR) is 102 cm³/mol. The van der Waals surface area contributed by atoms with Gasteiger partial charge in [0.25, 0.3) is 0 Å². The zero-order chi connectivity index (χ0) is 18.7. The van der Waals surface area contributed by atoms with Crippen LogP contribution in [0, 0.1) is 18.8 Å². The van der Waals surface area contributed by atoms with Crippen LogP contribution in [0.25, 0.3) is 0 Å². The Bertz CT molecular complexity index is 860. The number of nitrogens with one attached hydrogen (secondary N) is 1. The number of carbonyl (C=O) groups is 1. The van der Waals surface area contributed by atoms with Crippen molar-refractivity contribution < 1.29 is 13.2 Å². The summed E-state index contributed by atoms with van der Waals surface area (Å²) in [7, 11) is -3.72. The Morgan fingerprint density at radius 1 is 1.04 bits per heavy atom. The molecule has 1 saturated carbocycles. The standard InChI is InChI=1S/C21H25NO3S/c1-15-11-13-18(14-12-15)26(24,25)22-21(17-8-4-3-5-9-17)20-16(2)7-6-10-19(20)23/h3-5,8-9,11-14,16,20-22H,6-7,10H2,1-2H3/t16-,20+,21+/m1/s1. The molecule has 3 rings (SSSR count). The molecule has 0 aromatic heterocycles. The van der Waals surface area contributed by atoms with E-state index in [2.05, 4.69) is 4.72 Å². The van der Waals surface area contributed by atoms with E-state index in [1.165, 1.54) is 0 Å². The van der Waals surface area contributed by atoms with Gasteiger partial charge in [-0.15, -0.1) is 0 Å². The van der Waals surface area contributed by atoms with Gasteiger partial charge in [-0.3, -0.25) is 4.79 Å². The number of benzene rings is 2. The zero-order valence-corrected chi connectivity index (χ0v) is 16.0. The fourth-order valence-corrected chi connectivity index (χ4v) is 4.99. The summed E-state index contributed by atoms with van der Waals surface area (Å²) in [6.45, 7) is 3.96. The molecule has 138 valence electrons. The highest BCUT2D eigenvalue weighted by Gasteiger charge is 2.38. The fraction of sp³-hybridized carbons (Fsp3) is 0.381. The van der Waals surface area contributed by atoms with E-state index in [0.717, 1.165) is 24.0 Å². The summed E-state index contributed by atoms with van der Waals surface area (Å²) in [5.74, 6) is -0.0576. The van der Waals surface area contributed by atoms with E-state index in [4.69, 9.17) is 0 Å². The van der Waals surface area contributed by atoms with Crippen molar-refractivity contribution in [2.24, 2.45) is 11.8 Å². The molecule has 0 spiro atoms. The Morgan fingerprint density at radius 2 is 1.69 bits per heavy atom. The molecular weight excluding hydrogens is 346 g/mol. The topological polar surface area (TPSA) is 63.2 Å². The molecule has 0 bridgehead atoms. The molecule has 0 heterocycles. The summed E-state index contributed by atoms with van der Waals surface area (Å²) in [6, 6.07) is 15.6. The lowest BCUT2D eigenvalue weighted by molar-refractivity contribution is -0.127. The minimum atomic E-state index is -3.72. The maximum Gasteiger partial charge on any atom is 0.241 e. The second kappa shape index (κ2) is 7.72. The smallest absolute Gasteiger partial charge is 0.241 e. The van der Waals surface area contributed by atoms with Crippen molar-refractivity contribution in [3.8, 4) is 0 Å². The fourth-order valence-electron chi connectivity index (χ4n) is 3.74. The molecule has 26 heavy (non-hydrogen) atoms. The number of ketones is 1. The molecule has 1 fully saturated rings. The molecule has 0 aliphatic heterocycles. The van der Waals surface area contributed by atoms with Crippen molar-refractivity contribution in [2.45, 2.75) is 44.0 Å². The summed E-state index contributed by atoms with van der Waals surface area (Å²) >= 11 is 0. The first-order valence-corrected chi connectivity index (χ1v) is 10.5. The zero-order valence-electron chi connectivity index (χ0n) is 15.2. The predicted octanol–water partition coefficient (Wildman–Crippen LogP) is 4.02. The molecule has 1 aliphatic rings. The van der Waals surface area contributed by atoms with Gasteiger partial charge in [-0.2, -0.15) is 0 Å². The highest BCUT2D eigenvalue weighted by atomic mass is 32.2. The number of rotatable bonds is 5. The first-order chi connectivity index (χ1) is 12.4. The number of aryl methyl sites for hydroxylation is 1. The van der Waals surface area contributed by atoms with E-state index < -0.39 is 16.1 Å². The van der Waals surface area contributed by atoms with Gasteiger partial charge in [0.2, 0.25) is 10.0 Å². The Balaban J connectivity index is 1.98.